The van der Waals surface area contributed by atoms with Gasteiger partial charge in [-0.1, -0.05) is 97.1 Å². The highest BCUT2D eigenvalue weighted by Gasteiger charge is 2.36. The first-order chi connectivity index (χ1) is 35.3. The van der Waals surface area contributed by atoms with Gasteiger partial charge in [0.1, 0.15) is 24.2 Å². The molecule has 1 aromatic carbocycles. The van der Waals surface area contributed by atoms with E-state index in [0.717, 1.165) is 32.1 Å². The molecule has 21 nitrogen and oxygen atoms in total. The second kappa shape index (κ2) is 35.8. The first kappa shape index (κ1) is 64.8. The molecule has 7 amide bonds. The standard InChI is InChI=1S/C53H91N11O10/c1-6-7-8-9-13-16-38(65)32-47(68)59-39(17-22-54)45(66)30-36-21-26-58-50(71)43(27-33(2)3)64-52(73)42(20-25-57)61-51(72)41(19-24-56)62-53(74)44(28-34(4)5)63-49(70)37(29-35-14-11-10-12-15-35)31-46(67)40(18-23-55)60-48(36)69/h10-12,14-15,33-34,36-44,65H,6-9,13,16-32,54-57H2,1-5H3,(H,58,71)(H,59,68)(H,60,69)(H,61,72)(H,62,74)(H,63,70)(H,64,73)/t36-,37-,38-,39-,40+,41+,42+,43+,44-/m1/s1. The average Bonchev–Trinajstić information content (AvgIpc) is 3.34. The quantitative estimate of drug-likeness (QED) is 0.0560. The number of carbonyl (C=O) groups is 9. The van der Waals surface area contributed by atoms with Gasteiger partial charge in [-0.25, -0.2) is 0 Å². The maximum absolute atomic E-state index is 14.5. The van der Waals surface area contributed by atoms with Gasteiger partial charge < -0.3 is 65.3 Å². The lowest BCUT2D eigenvalue weighted by Crippen LogP contribution is -2.59. The van der Waals surface area contributed by atoms with Crippen LogP contribution in [0.15, 0.2) is 30.3 Å². The van der Waals surface area contributed by atoms with Gasteiger partial charge in [0, 0.05) is 31.2 Å². The normalized spacial score (nSPS) is 23.2. The minimum atomic E-state index is -1.24. The maximum atomic E-state index is 14.5. The van der Waals surface area contributed by atoms with Crippen LogP contribution in [0.4, 0.5) is 0 Å². The van der Waals surface area contributed by atoms with Gasteiger partial charge >= 0.3 is 0 Å². The number of Topliss-reactive ketones (excluding diaryl/α,β-unsaturated/α-hetero) is 2. The summed E-state index contributed by atoms with van der Waals surface area (Å²) < 4.78 is 0. The number of ketones is 2. The van der Waals surface area contributed by atoms with E-state index in [0.29, 0.717) is 12.0 Å². The Morgan fingerprint density at radius 1 is 0.622 bits per heavy atom. The summed E-state index contributed by atoms with van der Waals surface area (Å²) in [6.45, 7) is 9.20. The molecule has 418 valence electrons. The van der Waals surface area contributed by atoms with Crippen molar-refractivity contribution in [2.75, 3.05) is 32.7 Å². The minimum absolute atomic E-state index is 0.00430. The number of aliphatic hydroxyl groups is 1. The molecule has 1 heterocycles. The SMILES string of the molecule is CCCCCCC[C@@H](O)CC(=O)N[C@H](CCN)C(=O)C[C@H]1CCNC(=O)[C@H](CC(C)C)NC(=O)[C@H](CCN)NC(=O)[C@H](CCN)NC(=O)[C@@H](CC(C)C)NC(=O)[C@H](Cc2ccccc2)CC(=O)[C@H](CCN)NC1=O. The number of nitrogens with one attached hydrogen (secondary N) is 7. The van der Waals surface area contributed by atoms with Crippen molar-refractivity contribution in [2.24, 2.45) is 46.6 Å². The maximum Gasteiger partial charge on any atom is 0.243 e. The van der Waals surface area contributed by atoms with Crippen molar-refractivity contribution in [3.63, 3.8) is 0 Å². The Labute approximate surface area is 438 Å². The zero-order valence-electron chi connectivity index (χ0n) is 44.7. The van der Waals surface area contributed by atoms with Crippen LogP contribution in [-0.2, 0) is 49.6 Å². The molecule has 16 N–H and O–H groups in total. The van der Waals surface area contributed by atoms with E-state index in [1.54, 1.807) is 30.3 Å². The van der Waals surface area contributed by atoms with Crippen molar-refractivity contribution in [1.82, 2.24) is 37.2 Å². The fourth-order valence-corrected chi connectivity index (χ4v) is 8.93. The topological polar surface area (TPSA) is 362 Å². The van der Waals surface area contributed by atoms with E-state index in [9.17, 15) is 48.3 Å². The first-order valence-corrected chi connectivity index (χ1v) is 26.9. The number of hydrogen-bond acceptors (Lipinski definition) is 14. The van der Waals surface area contributed by atoms with Gasteiger partial charge in [-0.3, -0.25) is 43.2 Å². The predicted molar refractivity (Wildman–Crippen MR) is 283 cm³/mol. The zero-order chi connectivity index (χ0) is 55.2. The second-order valence-corrected chi connectivity index (χ2v) is 20.6. The lowest BCUT2D eigenvalue weighted by molar-refractivity contribution is -0.136. The number of benzene rings is 1. The number of unbranched alkanes of at least 4 members (excludes halogenated alkanes) is 4. The van der Waals surface area contributed by atoms with Crippen LogP contribution in [0.5, 0.6) is 0 Å². The van der Waals surface area contributed by atoms with Crippen LogP contribution < -0.4 is 60.2 Å². The number of hydrogen-bond donors (Lipinski definition) is 12. The molecule has 0 spiro atoms. The van der Waals surface area contributed by atoms with E-state index in [2.05, 4.69) is 44.1 Å². The molecular formula is C53H91N11O10. The summed E-state index contributed by atoms with van der Waals surface area (Å²) in [6.07, 6.45) is 3.39. The van der Waals surface area contributed by atoms with Crippen LogP contribution in [-0.4, -0.2) is 133 Å². The third-order valence-corrected chi connectivity index (χ3v) is 13.0. The summed E-state index contributed by atoms with van der Waals surface area (Å²) >= 11 is 0. The third-order valence-electron chi connectivity index (χ3n) is 13.0. The van der Waals surface area contributed by atoms with E-state index < -0.39 is 120 Å². The van der Waals surface area contributed by atoms with Crippen molar-refractivity contribution in [1.29, 1.82) is 0 Å². The molecule has 0 aromatic heterocycles. The molecule has 1 saturated heterocycles. The second-order valence-electron chi connectivity index (χ2n) is 20.6. The predicted octanol–water partition coefficient (Wildman–Crippen LogP) is 0.407. The van der Waals surface area contributed by atoms with Crippen molar-refractivity contribution in [3.8, 4) is 0 Å². The summed E-state index contributed by atoms with van der Waals surface area (Å²) in [5.74, 6) is -8.30. The third kappa shape index (κ3) is 24.8. The molecule has 0 aliphatic carbocycles. The Kier molecular flexibility index (Phi) is 31.3. The molecule has 0 saturated carbocycles. The van der Waals surface area contributed by atoms with Gasteiger partial charge in [0.2, 0.25) is 41.4 Å². The Bertz CT molecular complexity index is 1920. The van der Waals surface area contributed by atoms with Crippen molar-refractivity contribution < 1.29 is 48.3 Å². The molecule has 1 aliphatic heterocycles. The van der Waals surface area contributed by atoms with E-state index >= 15 is 0 Å². The Hall–Kier alpha value is -5.35. The van der Waals surface area contributed by atoms with Gasteiger partial charge in [-0.05, 0) is 101 Å². The van der Waals surface area contributed by atoms with Crippen LogP contribution in [0.1, 0.15) is 143 Å². The number of nitrogens with two attached hydrogens (primary N) is 4. The lowest BCUT2D eigenvalue weighted by Gasteiger charge is -2.28. The summed E-state index contributed by atoms with van der Waals surface area (Å²) in [4.78, 5) is 127. The molecule has 1 aromatic rings. The molecule has 0 bridgehead atoms. The van der Waals surface area contributed by atoms with Gasteiger partial charge in [-0.15, -0.1) is 0 Å². The fraction of sp³-hybridized carbons (Fsp3) is 0.717. The smallest absolute Gasteiger partial charge is 0.243 e. The van der Waals surface area contributed by atoms with Gasteiger partial charge in [0.05, 0.1) is 24.6 Å². The van der Waals surface area contributed by atoms with Crippen molar-refractivity contribution in [2.45, 2.75) is 186 Å². The van der Waals surface area contributed by atoms with Gasteiger partial charge in [-0.2, -0.15) is 0 Å². The number of aliphatic hydroxyl groups excluding tert-OH is 1. The van der Waals surface area contributed by atoms with E-state index in [-0.39, 0.29) is 102 Å². The molecule has 74 heavy (non-hydrogen) atoms. The van der Waals surface area contributed by atoms with E-state index in [1.807, 2.05) is 27.7 Å². The van der Waals surface area contributed by atoms with Crippen LogP contribution in [0.3, 0.4) is 0 Å². The average molecular weight is 1040 g/mol. The first-order valence-electron chi connectivity index (χ1n) is 26.9. The summed E-state index contributed by atoms with van der Waals surface area (Å²) in [5, 5.41) is 29.8. The number of rotatable bonds is 26. The molecule has 0 unspecified atom stereocenters. The monoisotopic (exact) mass is 1040 g/mol. The highest BCUT2D eigenvalue weighted by Crippen LogP contribution is 2.20. The van der Waals surface area contributed by atoms with Crippen LogP contribution >= 0.6 is 0 Å². The fourth-order valence-electron chi connectivity index (χ4n) is 8.93. The summed E-state index contributed by atoms with van der Waals surface area (Å²) in [5.41, 5.74) is 24.4. The Morgan fingerprint density at radius 2 is 1.12 bits per heavy atom. The summed E-state index contributed by atoms with van der Waals surface area (Å²) in [7, 11) is 0. The highest BCUT2D eigenvalue weighted by atomic mass is 16.3. The van der Waals surface area contributed by atoms with Crippen molar-refractivity contribution >= 4 is 52.9 Å². The molecule has 21 heteroatoms. The van der Waals surface area contributed by atoms with Gasteiger partial charge in [0.25, 0.3) is 0 Å². The Morgan fingerprint density at radius 3 is 1.68 bits per heavy atom. The van der Waals surface area contributed by atoms with Crippen LogP contribution in [0, 0.1) is 23.7 Å². The van der Waals surface area contributed by atoms with E-state index in [4.69, 9.17) is 22.9 Å². The van der Waals surface area contributed by atoms with Gasteiger partial charge in [0.15, 0.2) is 11.6 Å². The lowest BCUT2D eigenvalue weighted by atomic mass is 9.89. The number of carbonyl (C=O) groups excluding carboxylic acids is 9. The molecule has 1 aliphatic rings. The molecule has 0 radical (unpaired) electrons. The molecule has 2 rings (SSSR count). The molecular weight excluding hydrogens is 951 g/mol. The van der Waals surface area contributed by atoms with Crippen LogP contribution in [0.25, 0.3) is 0 Å². The Balaban J connectivity index is 2.68. The molecule has 9 atom stereocenters. The number of amides is 7. The summed E-state index contributed by atoms with van der Waals surface area (Å²) in [6, 6.07) is 1.80. The molecule has 1 fully saturated rings. The highest BCUT2D eigenvalue weighted by molar-refractivity contribution is 5.98. The zero-order valence-corrected chi connectivity index (χ0v) is 44.7. The largest absolute Gasteiger partial charge is 0.393 e. The van der Waals surface area contributed by atoms with Crippen LogP contribution in [0.2, 0.25) is 0 Å². The van der Waals surface area contributed by atoms with E-state index in [1.165, 1.54) is 0 Å². The minimum Gasteiger partial charge on any atom is -0.393 e. The van der Waals surface area contributed by atoms with Crippen molar-refractivity contribution in [3.05, 3.63) is 35.9 Å².